The van der Waals surface area contributed by atoms with Crippen molar-refractivity contribution in [2.24, 2.45) is 0 Å². The zero-order valence-electron chi connectivity index (χ0n) is 10.9. The number of nitrogens with one attached hydrogen (secondary N) is 1. The minimum atomic E-state index is -0.306. The molecule has 98 valence electrons. The Labute approximate surface area is 111 Å². The Balaban J connectivity index is 2.25. The molecule has 0 bridgehead atoms. The summed E-state index contributed by atoms with van der Waals surface area (Å²) in [5.41, 5.74) is 2.03. The molecule has 19 heavy (non-hydrogen) atoms. The number of amides is 1. The van der Waals surface area contributed by atoms with Gasteiger partial charge in [-0.2, -0.15) is 0 Å². The van der Waals surface area contributed by atoms with Gasteiger partial charge in [-0.05, 0) is 24.1 Å². The monoisotopic (exact) mass is 257 g/mol. The summed E-state index contributed by atoms with van der Waals surface area (Å²) < 4.78 is 5.23. The third-order valence-corrected chi connectivity index (χ3v) is 2.72. The number of hydrogen-bond donors (Lipinski definition) is 1. The first-order chi connectivity index (χ1) is 9.24. The molecule has 0 aliphatic carbocycles. The van der Waals surface area contributed by atoms with Gasteiger partial charge < -0.3 is 10.1 Å². The third-order valence-electron chi connectivity index (χ3n) is 2.72. The van der Waals surface area contributed by atoms with E-state index < -0.39 is 0 Å². The molecular formula is C14H15N3O2. The number of carbonyl (C=O) groups is 1. The van der Waals surface area contributed by atoms with Crippen molar-refractivity contribution >= 4 is 11.6 Å². The molecule has 1 aromatic heterocycles. The molecule has 2 rings (SSSR count). The van der Waals surface area contributed by atoms with Crippen molar-refractivity contribution < 1.29 is 9.53 Å². The van der Waals surface area contributed by atoms with Crippen LogP contribution in [0.15, 0.2) is 36.8 Å². The number of rotatable bonds is 4. The second-order valence-corrected chi connectivity index (χ2v) is 3.93. The maximum atomic E-state index is 12.0. The van der Waals surface area contributed by atoms with E-state index in [4.69, 9.17) is 4.74 Å². The lowest BCUT2D eigenvalue weighted by atomic mass is 10.1. The summed E-state index contributed by atoms with van der Waals surface area (Å²) in [5.74, 6) is 0.314. The molecule has 1 N–H and O–H groups in total. The van der Waals surface area contributed by atoms with Gasteiger partial charge in [-0.3, -0.25) is 9.78 Å². The number of aromatic nitrogens is 2. The van der Waals surface area contributed by atoms with E-state index in [9.17, 15) is 4.79 Å². The predicted octanol–water partition coefficient (Wildman–Crippen LogP) is 2.30. The Kier molecular flexibility index (Phi) is 4.07. The van der Waals surface area contributed by atoms with Crippen molar-refractivity contribution in [1.29, 1.82) is 0 Å². The first-order valence-electron chi connectivity index (χ1n) is 5.99. The molecule has 0 aliphatic heterocycles. The molecular weight excluding hydrogens is 242 g/mol. The predicted molar refractivity (Wildman–Crippen MR) is 72.4 cm³/mol. The summed E-state index contributed by atoms with van der Waals surface area (Å²) in [7, 11) is 1.57. The molecule has 2 aromatic rings. The lowest BCUT2D eigenvalue weighted by Crippen LogP contribution is -2.14. The Morgan fingerprint density at radius 2 is 2.21 bits per heavy atom. The maximum Gasteiger partial charge on any atom is 0.275 e. The average molecular weight is 257 g/mol. The van der Waals surface area contributed by atoms with Gasteiger partial charge in [0.25, 0.3) is 5.91 Å². The number of carbonyl (C=O) groups excluding carboxylic acids is 1. The summed E-state index contributed by atoms with van der Waals surface area (Å²) >= 11 is 0. The first-order valence-corrected chi connectivity index (χ1v) is 5.99. The molecule has 0 aliphatic rings. The highest BCUT2D eigenvalue weighted by molar-refractivity contribution is 6.03. The number of nitrogens with zero attached hydrogens (tertiary/aromatic N) is 2. The smallest absolute Gasteiger partial charge is 0.275 e. The lowest BCUT2D eigenvalue weighted by molar-refractivity contribution is 0.102. The fourth-order valence-corrected chi connectivity index (χ4v) is 1.68. The van der Waals surface area contributed by atoms with Gasteiger partial charge >= 0.3 is 0 Å². The lowest BCUT2D eigenvalue weighted by Gasteiger charge is -2.11. The fourth-order valence-electron chi connectivity index (χ4n) is 1.68. The van der Waals surface area contributed by atoms with Gasteiger partial charge in [0.15, 0.2) is 0 Å². The average Bonchev–Trinajstić information content (AvgIpc) is 2.48. The Morgan fingerprint density at radius 1 is 1.37 bits per heavy atom. The van der Waals surface area contributed by atoms with Crippen molar-refractivity contribution in [3.8, 4) is 5.75 Å². The molecule has 1 amide bonds. The molecule has 0 saturated heterocycles. The molecule has 0 fully saturated rings. The van der Waals surface area contributed by atoms with Gasteiger partial charge in [-0.1, -0.05) is 13.0 Å². The molecule has 1 heterocycles. The number of hydrogen-bond acceptors (Lipinski definition) is 4. The van der Waals surface area contributed by atoms with Crippen LogP contribution in [0.3, 0.4) is 0 Å². The molecule has 0 saturated carbocycles. The minimum Gasteiger partial charge on any atom is -0.495 e. The van der Waals surface area contributed by atoms with E-state index in [1.54, 1.807) is 7.11 Å². The van der Waals surface area contributed by atoms with Gasteiger partial charge in [0.2, 0.25) is 0 Å². The molecule has 5 heteroatoms. The summed E-state index contributed by atoms with van der Waals surface area (Å²) in [6.45, 7) is 2.05. The number of ether oxygens (including phenoxy) is 1. The van der Waals surface area contributed by atoms with Crippen molar-refractivity contribution in [3.05, 3.63) is 48.0 Å². The van der Waals surface area contributed by atoms with Gasteiger partial charge in [0.1, 0.15) is 11.4 Å². The summed E-state index contributed by atoms with van der Waals surface area (Å²) in [5, 5.41) is 2.79. The van der Waals surface area contributed by atoms with E-state index in [0.29, 0.717) is 11.4 Å². The third kappa shape index (κ3) is 3.07. The number of aryl methyl sites for hydroxylation is 1. The van der Waals surface area contributed by atoms with Gasteiger partial charge in [0, 0.05) is 12.4 Å². The summed E-state index contributed by atoms with van der Waals surface area (Å²) in [4.78, 5) is 19.8. The Bertz CT molecular complexity index is 570. The highest BCUT2D eigenvalue weighted by atomic mass is 16.5. The van der Waals surface area contributed by atoms with Crippen LogP contribution >= 0.6 is 0 Å². The molecule has 1 aromatic carbocycles. The highest BCUT2D eigenvalue weighted by Crippen LogP contribution is 2.26. The minimum absolute atomic E-state index is 0.270. The van der Waals surface area contributed by atoms with Crippen LogP contribution in [-0.2, 0) is 6.42 Å². The van der Waals surface area contributed by atoms with Crippen LogP contribution in [0, 0.1) is 0 Å². The van der Waals surface area contributed by atoms with Gasteiger partial charge in [-0.15, -0.1) is 0 Å². The summed E-state index contributed by atoms with van der Waals surface area (Å²) in [6.07, 6.45) is 5.31. The van der Waals surface area contributed by atoms with Crippen LogP contribution < -0.4 is 10.1 Å². The molecule has 5 nitrogen and oxygen atoms in total. The van der Waals surface area contributed by atoms with E-state index in [2.05, 4.69) is 22.2 Å². The Morgan fingerprint density at radius 3 is 2.84 bits per heavy atom. The molecule has 0 unspecified atom stereocenters. The van der Waals surface area contributed by atoms with Crippen LogP contribution in [0.2, 0.25) is 0 Å². The van der Waals surface area contributed by atoms with Gasteiger partial charge in [-0.25, -0.2) is 4.98 Å². The zero-order valence-corrected chi connectivity index (χ0v) is 10.9. The van der Waals surface area contributed by atoms with E-state index in [1.807, 2.05) is 18.2 Å². The number of benzene rings is 1. The fraction of sp³-hybridized carbons (Fsp3) is 0.214. The first kappa shape index (κ1) is 13.0. The van der Waals surface area contributed by atoms with Crippen molar-refractivity contribution in [2.45, 2.75) is 13.3 Å². The SMILES string of the molecule is CCc1ccc(OC)c(NC(=O)c2cnccn2)c1. The molecule has 0 spiro atoms. The summed E-state index contributed by atoms with van der Waals surface area (Å²) in [6, 6.07) is 5.70. The van der Waals surface area contributed by atoms with Crippen molar-refractivity contribution in [1.82, 2.24) is 9.97 Å². The van der Waals surface area contributed by atoms with Crippen molar-refractivity contribution in [2.75, 3.05) is 12.4 Å². The van der Waals surface area contributed by atoms with E-state index in [-0.39, 0.29) is 11.6 Å². The zero-order chi connectivity index (χ0) is 13.7. The number of anilines is 1. The topological polar surface area (TPSA) is 64.1 Å². The van der Waals surface area contributed by atoms with E-state index in [0.717, 1.165) is 12.0 Å². The van der Waals surface area contributed by atoms with Crippen LogP contribution in [0.4, 0.5) is 5.69 Å². The Hall–Kier alpha value is -2.43. The standard InChI is InChI=1S/C14H15N3O2/c1-3-10-4-5-13(19-2)11(8-10)17-14(18)12-9-15-6-7-16-12/h4-9H,3H2,1-2H3,(H,17,18). The van der Waals surface area contributed by atoms with Crippen LogP contribution in [-0.4, -0.2) is 23.0 Å². The van der Waals surface area contributed by atoms with Crippen LogP contribution in [0.25, 0.3) is 0 Å². The van der Waals surface area contributed by atoms with E-state index >= 15 is 0 Å². The van der Waals surface area contributed by atoms with Crippen molar-refractivity contribution in [3.63, 3.8) is 0 Å². The second kappa shape index (κ2) is 5.95. The molecule has 0 radical (unpaired) electrons. The normalized spacial score (nSPS) is 10.0. The maximum absolute atomic E-state index is 12.0. The number of methoxy groups -OCH3 is 1. The highest BCUT2D eigenvalue weighted by Gasteiger charge is 2.11. The van der Waals surface area contributed by atoms with E-state index in [1.165, 1.54) is 18.6 Å². The second-order valence-electron chi connectivity index (χ2n) is 3.93. The largest absolute Gasteiger partial charge is 0.495 e. The van der Waals surface area contributed by atoms with Crippen LogP contribution in [0.1, 0.15) is 23.0 Å². The van der Waals surface area contributed by atoms with Crippen LogP contribution in [0.5, 0.6) is 5.75 Å². The molecule has 0 atom stereocenters. The van der Waals surface area contributed by atoms with Gasteiger partial charge in [0.05, 0.1) is 19.0 Å². The quantitative estimate of drug-likeness (QED) is 0.912.